The molecule has 0 aromatic carbocycles. The van der Waals surface area contributed by atoms with E-state index in [1.807, 2.05) is 51.2 Å². The Morgan fingerprint density at radius 2 is 1.52 bits per heavy atom. The summed E-state index contributed by atoms with van der Waals surface area (Å²) in [5.74, 6) is -7.16. The quantitative estimate of drug-likeness (QED) is 0.115. The molecule has 1 saturated carbocycles. The van der Waals surface area contributed by atoms with E-state index >= 15 is 0 Å². The summed E-state index contributed by atoms with van der Waals surface area (Å²) in [6.45, 7) is 14.5. The van der Waals surface area contributed by atoms with Crippen LogP contribution in [0.3, 0.4) is 0 Å². The highest BCUT2D eigenvalue weighted by Crippen LogP contribution is 2.38. The Morgan fingerprint density at radius 1 is 0.817 bits per heavy atom. The van der Waals surface area contributed by atoms with Crippen molar-refractivity contribution in [1.82, 2.24) is 25.1 Å². The number of likely N-dealkylation sites (N-methyl/N-ethyl adjacent to an activating group) is 1. The number of fused-ring (bicyclic) bond motifs is 3. The predicted octanol–water partition coefficient (Wildman–Crippen LogP) is 5.14. The molecule has 0 radical (unpaired) electrons. The molecule has 5 aliphatic rings. The largest absolute Gasteiger partial charge is 0.459 e. The summed E-state index contributed by atoms with van der Waals surface area (Å²) < 4.78 is 36.4. The zero-order valence-electron chi connectivity index (χ0n) is 50.2. The number of aliphatic hydroxyl groups is 3. The minimum atomic E-state index is -2.46. The number of piperazine rings is 1. The van der Waals surface area contributed by atoms with Crippen LogP contribution >= 0.6 is 0 Å². The molecular weight excluding hydrogens is 1050 g/mol. The lowest BCUT2D eigenvalue weighted by molar-refractivity contribution is -0.265. The number of nitrogens with zero attached hydrogens (tertiary/aromatic N) is 5. The van der Waals surface area contributed by atoms with Gasteiger partial charge >= 0.3 is 12.1 Å². The van der Waals surface area contributed by atoms with Crippen LogP contribution in [0.5, 0.6) is 0 Å². The van der Waals surface area contributed by atoms with Crippen molar-refractivity contribution in [2.75, 3.05) is 66.0 Å². The van der Waals surface area contributed by atoms with E-state index in [1.54, 1.807) is 53.5 Å². The molecule has 2 bridgehead atoms. The van der Waals surface area contributed by atoms with Gasteiger partial charge in [0.2, 0.25) is 11.7 Å². The van der Waals surface area contributed by atoms with Crippen molar-refractivity contribution >= 4 is 35.5 Å². The number of alkyl carbamates (subject to hydrolysis) is 1. The van der Waals surface area contributed by atoms with E-state index in [-0.39, 0.29) is 37.8 Å². The van der Waals surface area contributed by atoms with Crippen molar-refractivity contribution < 1.29 is 67.7 Å². The molecule has 1 unspecified atom stereocenters. The normalized spacial score (nSPS) is 36.6. The number of carbonyl (C=O) groups excluding carboxylic acids is 5. The first kappa shape index (κ1) is 66.2. The van der Waals surface area contributed by atoms with Crippen LogP contribution in [0.4, 0.5) is 10.7 Å². The number of carbonyl (C=O) groups is 5. The molecular formula is C61H95N7O14. The van der Waals surface area contributed by atoms with Crippen molar-refractivity contribution in [1.29, 1.82) is 0 Å². The third-order valence-electron chi connectivity index (χ3n) is 17.6. The molecule has 2 amide bonds. The Balaban J connectivity index is 1.21. The van der Waals surface area contributed by atoms with Crippen molar-refractivity contribution in [3.05, 3.63) is 65.6 Å². The van der Waals surface area contributed by atoms with Gasteiger partial charge in [-0.05, 0) is 108 Å². The van der Waals surface area contributed by atoms with Crippen LogP contribution < -0.4 is 16.0 Å². The second kappa shape index (κ2) is 31.3. The first-order valence-corrected chi connectivity index (χ1v) is 29.7. The summed E-state index contributed by atoms with van der Waals surface area (Å²) in [4.78, 5) is 85.0. The molecule has 21 nitrogen and oxygen atoms in total. The lowest BCUT2D eigenvalue weighted by Crippen LogP contribution is -2.61. The molecule has 6 N–H and O–H groups in total. The lowest BCUT2D eigenvalue weighted by Gasteiger charge is -2.43. The number of ether oxygens (including phenoxy) is 6. The Morgan fingerprint density at radius 3 is 2.21 bits per heavy atom. The van der Waals surface area contributed by atoms with Gasteiger partial charge in [0.25, 0.3) is 11.7 Å². The van der Waals surface area contributed by atoms with Gasteiger partial charge in [0.05, 0.1) is 24.4 Å². The second-order valence-corrected chi connectivity index (χ2v) is 23.9. The third kappa shape index (κ3) is 17.8. The number of hydrogen-bond acceptors (Lipinski definition) is 19. The maximum absolute atomic E-state index is 14.7. The molecule has 4 fully saturated rings. The van der Waals surface area contributed by atoms with E-state index in [9.17, 15) is 39.3 Å². The van der Waals surface area contributed by atoms with E-state index in [0.717, 1.165) is 37.3 Å². The fourth-order valence-corrected chi connectivity index (χ4v) is 12.2. The van der Waals surface area contributed by atoms with Crippen LogP contribution in [0.2, 0.25) is 0 Å². The average molecular weight is 1150 g/mol. The summed E-state index contributed by atoms with van der Waals surface area (Å²) >= 11 is 0. The van der Waals surface area contributed by atoms with Gasteiger partial charge in [0, 0.05) is 115 Å². The highest BCUT2D eigenvalue weighted by Gasteiger charge is 2.53. The molecule has 21 heteroatoms. The second-order valence-electron chi connectivity index (χ2n) is 23.9. The summed E-state index contributed by atoms with van der Waals surface area (Å²) in [7, 11) is 6.72. The fourth-order valence-electron chi connectivity index (χ4n) is 12.2. The van der Waals surface area contributed by atoms with Gasteiger partial charge in [0.15, 0.2) is 5.78 Å². The Kier molecular flexibility index (Phi) is 25.2. The number of cyclic esters (lactones) is 1. The number of amides is 2. The number of esters is 1. The predicted molar refractivity (Wildman–Crippen MR) is 308 cm³/mol. The van der Waals surface area contributed by atoms with Crippen LogP contribution in [0.25, 0.3) is 0 Å². The summed E-state index contributed by atoms with van der Waals surface area (Å²) in [5.41, 5.74) is 9.06. The molecule has 16 atom stereocenters. The van der Waals surface area contributed by atoms with E-state index in [0.29, 0.717) is 75.7 Å². The minimum absolute atomic E-state index is 0.0408. The van der Waals surface area contributed by atoms with Crippen LogP contribution in [0.1, 0.15) is 124 Å². The van der Waals surface area contributed by atoms with E-state index in [2.05, 4.69) is 32.1 Å². The monoisotopic (exact) mass is 1150 g/mol. The zero-order chi connectivity index (χ0) is 59.8. The van der Waals surface area contributed by atoms with Crippen molar-refractivity contribution in [2.24, 2.45) is 35.3 Å². The molecule has 0 spiro atoms. The first-order valence-electron chi connectivity index (χ1n) is 29.7. The van der Waals surface area contributed by atoms with Gasteiger partial charge in [-0.1, -0.05) is 64.2 Å². The van der Waals surface area contributed by atoms with Crippen molar-refractivity contribution in [3.63, 3.8) is 0 Å². The van der Waals surface area contributed by atoms with Crippen molar-refractivity contribution in [3.8, 4) is 0 Å². The molecule has 5 heterocycles. The minimum Gasteiger partial charge on any atom is -0.459 e. The maximum Gasteiger partial charge on any atom is 0.407 e. The number of methoxy groups -OCH3 is 3. The summed E-state index contributed by atoms with van der Waals surface area (Å²) in [6.07, 6.45) is 11.8. The Labute approximate surface area is 485 Å². The number of piperidine rings is 1. The average Bonchev–Trinajstić information content (AvgIpc) is 3.67. The van der Waals surface area contributed by atoms with Gasteiger partial charge < -0.3 is 69.5 Å². The van der Waals surface area contributed by atoms with Crippen LogP contribution in [0, 0.1) is 29.6 Å². The standard InChI is InChI=1S/C61H95N7O14/c1-37-16-12-11-13-17-38(2)49(77-8)32-45-21-19-42(6)61(76,82-45)56(72)57(73)68-23-15-14-18-47(68)58(74)80-51(33-50(78-9)39(3)29-41(5)54(70)55(71)53(69)40(4)28-37)46(62)30-43-20-22-48(52(31-43)79-10)81-60(75)65-36-44-34-63-59(64-35-44)67-26-24-66(7)25-27-67/h11-13,16-17,29,34-35,37,39-40,42-43,45-52,54-55,70-71,76H,14-15,18-28,30-33,36,62H2,1-10H3,(H,65,75)/b13-11+,16-12+,38-17+,41-29+/t37-,39-,40?,42-,43+,45+,46-,47+,48-,49+,50-,51+,52-,54-,55+,61-/m1/s1. The highest BCUT2D eigenvalue weighted by molar-refractivity contribution is 6.39. The number of aromatic nitrogens is 2. The van der Waals surface area contributed by atoms with E-state index < -0.39 is 114 Å². The molecule has 1 aromatic heterocycles. The number of nitrogens with two attached hydrogens (primary N) is 1. The Bertz CT molecular complexity index is 2400. The number of anilines is 1. The summed E-state index contributed by atoms with van der Waals surface area (Å²) in [5, 5.41) is 37.5. The topological polar surface area (TPSA) is 275 Å². The van der Waals surface area contributed by atoms with E-state index in [1.165, 1.54) is 12.0 Å². The molecule has 3 saturated heterocycles. The number of nitrogens with one attached hydrogen (secondary N) is 1. The number of rotatable bonds is 10. The maximum atomic E-state index is 14.7. The first-order chi connectivity index (χ1) is 39.1. The smallest absolute Gasteiger partial charge is 0.407 e. The number of hydrogen-bond donors (Lipinski definition) is 5. The number of Topliss-reactive ketones (excluding diaryl/α,β-unsaturated/α-hetero) is 2. The number of allylic oxidation sites excluding steroid dienone is 5. The van der Waals surface area contributed by atoms with Crippen LogP contribution in [-0.2, 0) is 54.1 Å². The van der Waals surface area contributed by atoms with Gasteiger partial charge in [0.1, 0.15) is 30.5 Å². The fraction of sp³-hybridized carbons (Fsp3) is 0.721. The molecule has 458 valence electrons. The van der Waals surface area contributed by atoms with Crippen molar-refractivity contribution in [2.45, 2.75) is 192 Å². The van der Waals surface area contributed by atoms with E-state index in [4.69, 9.17) is 34.2 Å². The third-order valence-corrected chi connectivity index (χ3v) is 17.6. The molecule has 1 aliphatic carbocycles. The molecule has 82 heavy (non-hydrogen) atoms. The number of aliphatic hydroxyl groups excluding tert-OH is 2. The molecule has 4 aliphatic heterocycles. The SMILES string of the molecule is CO[C@H]1C[C@@H]2CC[C@@H](C)[C@@](O)(O2)C(=O)C(=O)N2CCCC[C@H]2C(=O)O[C@H]([C@H](N)C[C@@H]2CC[C@@H](OC(=O)NCc3cnc(N4CCN(C)CC4)nc3)[C@H](OC)C2)C[C@@H](OC)[C@H](C)/C=C(\C)[C@@H](O)[C@@H](O)C(=O)C(C)C[C@H](C)/C=C/C=C/C=C/1C. The van der Waals surface area contributed by atoms with Gasteiger partial charge in [-0.15, -0.1) is 0 Å². The van der Waals surface area contributed by atoms with Gasteiger partial charge in [-0.2, -0.15) is 0 Å². The van der Waals surface area contributed by atoms with Crippen LogP contribution in [-0.4, -0.2) is 192 Å². The number of ketones is 2. The highest BCUT2D eigenvalue weighted by atomic mass is 16.6. The summed E-state index contributed by atoms with van der Waals surface area (Å²) in [6, 6.07) is -1.98. The molecule has 6 rings (SSSR count). The zero-order valence-corrected chi connectivity index (χ0v) is 50.2. The van der Waals surface area contributed by atoms with Gasteiger partial charge in [-0.25, -0.2) is 19.6 Å². The Hall–Kier alpha value is -4.97. The van der Waals surface area contributed by atoms with Crippen LogP contribution in [0.15, 0.2) is 60.0 Å². The molecule has 1 aromatic rings. The van der Waals surface area contributed by atoms with Gasteiger partial charge in [-0.3, -0.25) is 14.4 Å². The lowest BCUT2D eigenvalue weighted by atomic mass is 9.80.